The molecule has 0 saturated carbocycles. The van der Waals surface area contributed by atoms with Gasteiger partial charge in [-0.1, -0.05) is 0 Å². The van der Waals surface area contributed by atoms with Crippen LogP contribution in [0.25, 0.3) is 0 Å². The summed E-state index contributed by atoms with van der Waals surface area (Å²) in [5, 5.41) is 0. The Bertz CT molecular complexity index is 522. The molecule has 0 radical (unpaired) electrons. The van der Waals surface area contributed by atoms with Gasteiger partial charge in [0.15, 0.2) is 11.4 Å². The van der Waals surface area contributed by atoms with Crippen LogP contribution in [0.3, 0.4) is 0 Å². The summed E-state index contributed by atoms with van der Waals surface area (Å²) in [6.45, 7) is 3.12. The van der Waals surface area contributed by atoms with E-state index < -0.39 is 11.6 Å². The minimum Gasteiger partial charge on any atom is -0.447 e. The van der Waals surface area contributed by atoms with Crippen molar-refractivity contribution in [1.82, 2.24) is 0 Å². The first-order valence-electron chi connectivity index (χ1n) is 5.88. The van der Waals surface area contributed by atoms with E-state index in [1.807, 2.05) is 31.1 Å². The molecule has 1 unspecified atom stereocenters. The SMILES string of the molecule is CC(=O)C1(C)Cc2cc(N(C)C)ccc2C(=O)O1. The van der Waals surface area contributed by atoms with Crippen LogP contribution in [-0.2, 0) is 16.0 Å². The molecule has 4 heteroatoms. The van der Waals surface area contributed by atoms with Gasteiger partial charge in [0.1, 0.15) is 0 Å². The number of hydrogen-bond donors (Lipinski definition) is 0. The van der Waals surface area contributed by atoms with Crippen molar-refractivity contribution in [3.8, 4) is 0 Å². The predicted molar refractivity (Wildman–Crippen MR) is 69.0 cm³/mol. The Morgan fingerprint density at radius 1 is 1.39 bits per heavy atom. The highest BCUT2D eigenvalue weighted by Crippen LogP contribution is 2.31. The third-order valence-corrected chi connectivity index (χ3v) is 3.42. The van der Waals surface area contributed by atoms with Crippen molar-refractivity contribution >= 4 is 17.4 Å². The van der Waals surface area contributed by atoms with Crippen molar-refractivity contribution in [1.29, 1.82) is 0 Å². The number of ether oxygens (including phenoxy) is 1. The molecule has 0 fully saturated rings. The van der Waals surface area contributed by atoms with Gasteiger partial charge in [0.25, 0.3) is 0 Å². The van der Waals surface area contributed by atoms with E-state index in [9.17, 15) is 9.59 Å². The Labute approximate surface area is 107 Å². The summed E-state index contributed by atoms with van der Waals surface area (Å²) in [6.07, 6.45) is 0.436. The highest BCUT2D eigenvalue weighted by molar-refractivity contribution is 5.97. The summed E-state index contributed by atoms with van der Waals surface area (Å²) < 4.78 is 5.26. The average molecular weight is 247 g/mol. The van der Waals surface area contributed by atoms with Crippen LogP contribution in [-0.4, -0.2) is 31.4 Å². The average Bonchev–Trinajstić information content (AvgIpc) is 2.27. The van der Waals surface area contributed by atoms with Crippen LogP contribution in [0.2, 0.25) is 0 Å². The molecule has 0 saturated heterocycles. The number of hydrogen-bond acceptors (Lipinski definition) is 4. The summed E-state index contributed by atoms with van der Waals surface area (Å²) in [6, 6.07) is 5.57. The molecule has 0 spiro atoms. The van der Waals surface area contributed by atoms with Crippen LogP contribution >= 0.6 is 0 Å². The van der Waals surface area contributed by atoms with Crippen molar-refractivity contribution in [2.24, 2.45) is 0 Å². The molecule has 4 nitrogen and oxygen atoms in total. The highest BCUT2D eigenvalue weighted by atomic mass is 16.6. The van der Waals surface area contributed by atoms with Gasteiger partial charge in [-0.2, -0.15) is 0 Å². The second-order valence-electron chi connectivity index (χ2n) is 5.09. The van der Waals surface area contributed by atoms with Crippen molar-refractivity contribution in [2.45, 2.75) is 25.9 Å². The molecule has 0 N–H and O–H groups in total. The monoisotopic (exact) mass is 247 g/mol. The van der Waals surface area contributed by atoms with Crippen LogP contribution in [0.5, 0.6) is 0 Å². The van der Waals surface area contributed by atoms with Crippen molar-refractivity contribution < 1.29 is 14.3 Å². The molecule has 96 valence electrons. The van der Waals surface area contributed by atoms with Crippen molar-refractivity contribution in [3.63, 3.8) is 0 Å². The van der Waals surface area contributed by atoms with Gasteiger partial charge in [-0.15, -0.1) is 0 Å². The van der Waals surface area contributed by atoms with Crippen LogP contribution in [0.1, 0.15) is 29.8 Å². The van der Waals surface area contributed by atoms with Gasteiger partial charge in [-0.05, 0) is 37.6 Å². The summed E-state index contributed by atoms with van der Waals surface area (Å²) in [5.41, 5.74) is 1.40. The summed E-state index contributed by atoms with van der Waals surface area (Å²) in [5.74, 6) is -0.545. The third-order valence-electron chi connectivity index (χ3n) is 3.42. The standard InChI is InChI=1S/C14H17NO3/c1-9(16)14(2)8-10-7-11(15(3)4)5-6-12(10)13(17)18-14/h5-7H,8H2,1-4H3. The number of carbonyl (C=O) groups excluding carboxylic acids is 2. The van der Waals surface area contributed by atoms with Crippen LogP contribution in [0, 0.1) is 0 Å². The highest BCUT2D eigenvalue weighted by Gasteiger charge is 2.40. The lowest BCUT2D eigenvalue weighted by atomic mass is 9.87. The molecule has 0 bridgehead atoms. The lowest BCUT2D eigenvalue weighted by Gasteiger charge is -2.32. The summed E-state index contributed by atoms with van der Waals surface area (Å²) in [4.78, 5) is 25.5. The fraction of sp³-hybridized carbons (Fsp3) is 0.429. The molecule has 1 aromatic rings. The molecule has 2 rings (SSSR count). The Kier molecular flexibility index (Phi) is 2.89. The van der Waals surface area contributed by atoms with E-state index in [4.69, 9.17) is 4.74 Å². The normalized spacial score (nSPS) is 22.1. The topological polar surface area (TPSA) is 46.6 Å². The zero-order valence-corrected chi connectivity index (χ0v) is 11.1. The maximum atomic E-state index is 11.9. The minimum atomic E-state index is -1.03. The zero-order valence-electron chi connectivity index (χ0n) is 11.1. The fourth-order valence-electron chi connectivity index (χ4n) is 2.06. The van der Waals surface area contributed by atoms with Gasteiger partial charge in [0.2, 0.25) is 0 Å². The second-order valence-corrected chi connectivity index (χ2v) is 5.09. The molecule has 0 aliphatic carbocycles. The van der Waals surface area contributed by atoms with Crippen LogP contribution in [0.15, 0.2) is 18.2 Å². The van der Waals surface area contributed by atoms with E-state index in [1.54, 1.807) is 13.0 Å². The summed E-state index contributed by atoms with van der Waals surface area (Å²) >= 11 is 0. The quantitative estimate of drug-likeness (QED) is 0.748. The van der Waals surface area contributed by atoms with Crippen LogP contribution < -0.4 is 4.90 Å². The second kappa shape index (κ2) is 4.12. The fourth-order valence-corrected chi connectivity index (χ4v) is 2.06. The van der Waals surface area contributed by atoms with Gasteiger partial charge < -0.3 is 9.64 Å². The van der Waals surface area contributed by atoms with Crippen molar-refractivity contribution in [2.75, 3.05) is 19.0 Å². The van der Waals surface area contributed by atoms with E-state index in [2.05, 4.69) is 0 Å². The first kappa shape index (κ1) is 12.6. The summed E-state index contributed by atoms with van der Waals surface area (Å²) in [7, 11) is 3.88. The Balaban J connectivity index is 2.48. The van der Waals surface area contributed by atoms with Gasteiger partial charge >= 0.3 is 5.97 Å². The predicted octanol–water partition coefficient (Wildman–Crippen LogP) is 1.81. The lowest BCUT2D eigenvalue weighted by molar-refractivity contribution is -0.135. The molecule has 1 aromatic carbocycles. The first-order valence-corrected chi connectivity index (χ1v) is 5.88. The van der Waals surface area contributed by atoms with E-state index in [0.717, 1.165) is 11.3 Å². The lowest BCUT2D eigenvalue weighted by Crippen LogP contribution is -2.44. The number of carbonyl (C=O) groups is 2. The van der Waals surface area contributed by atoms with E-state index in [-0.39, 0.29) is 5.78 Å². The number of fused-ring (bicyclic) bond motifs is 1. The number of rotatable bonds is 2. The molecule has 18 heavy (non-hydrogen) atoms. The third kappa shape index (κ3) is 1.98. The van der Waals surface area contributed by atoms with Crippen LogP contribution in [0.4, 0.5) is 5.69 Å². The molecule has 1 aliphatic heterocycles. The number of anilines is 1. The maximum absolute atomic E-state index is 11.9. The van der Waals surface area contributed by atoms with Gasteiger partial charge in [-0.25, -0.2) is 4.79 Å². The Hall–Kier alpha value is -1.84. The van der Waals surface area contributed by atoms with Gasteiger partial charge in [0, 0.05) is 26.2 Å². The Morgan fingerprint density at radius 3 is 2.61 bits per heavy atom. The van der Waals surface area contributed by atoms with E-state index >= 15 is 0 Å². The molecule has 1 heterocycles. The zero-order chi connectivity index (χ0) is 13.5. The van der Waals surface area contributed by atoms with Gasteiger partial charge in [0.05, 0.1) is 5.56 Å². The van der Waals surface area contributed by atoms with E-state index in [0.29, 0.717) is 12.0 Å². The van der Waals surface area contributed by atoms with Gasteiger partial charge in [-0.3, -0.25) is 4.79 Å². The number of cyclic esters (lactones) is 1. The largest absolute Gasteiger partial charge is 0.447 e. The number of nitrogens with zero attached hydrogens (tertiary/aromatic N) is 1. The van der Waals surface area contributed by atoms with Crippen molar-refractivity contribution in [3.05, 3.63) is 29.3 Å². The molecule has 0 aromatic heterocycles. The molecule has 1 atom stereocenters. The molecule has 0 amide bonds. The molecule has 1 aliphatic rings. The minimum absolute atomic E-state index is 0.128. The Morgan fingerprint density at radius 2 is 2.06 bits per heavy atom. The number of ketones is 1. The molecular weight excluding hydrogens is 230 g/mol. The number of esters is 1. The first-order chi connectivity index (χ1) is 8.33. The number of benzene rings is 1. The molecular formula is C14H17NO3. The maximum Gasteiger partial charge on any atom is 0.339 e. The van der Waals surface area contributed by atoms with E-state index in [1.165, 1.54) is 6.92 Å². The number of Topliss-reactive ketones (excluding diaryl/α,β-unsaturated/α-hetero) is 1. The smallest absolute Gasteiger partial charge is 0.339 e.